The molecule has 2 nitrogen and oxygen atoms in total. The van der Waals surface area contributed by atoms with Gasteiger partial charge in [-0.05, 0) is 74.0 Å². The largest absolute Gasteiger partial charge is 0.375 e. The normalized spacial score (nSPS) is 48.3. The topological polar surface area (TPSA) is 38.9 Å². The molecule has 1 aromatic rings. The van der Waals surface area contributed by atoms with Gasteiger partial charge in [0.1, 0.15) is 0 Å². The quantitative estimate of drug-likeness (QED) is 0.712. The van der Waals surface area contributed by atoms with E-state index >= 15 is 0 Å². The van der Waals surface area contributed by atoms with Crippen molar-refractivity contribution in [1.29, 1.82) is 0 Å². The van der Waals surface area contributed by atoms with E-state index in [-0.39, 0.29) is 0 Å². The van der Waals surface area contributed by atoms with Gasteiger partial charge in [0, 0.05) is 10.3 Å². The highest BCUT2D eigenvalue weighted by Gasteiger charge is 2.59. The third-order valence-corrected chi connectivity index (χ3v) is 9.54. The molecule has 1 aromatic heterocycles. The van der Waals surface area contributed by atoms with Crippen molar-refractivity contribution in [3.63, 3.8) is 0 Å². The molecule has 0 aliphatic heterocycles. The molecule has 0 amide bonds. The molecule has 3 heteroatoms. The van der Waals surface area contributed by atoms with Crippen LogP contribution in [0, 0.1) is 29.1 Å². The maximum absolute atomic E-state index is 6.02. The number of nitrogen functional groups attached to an aromatic ring is 1. The maximum Gasteiger partial charge on any atom is 0.180 e. The maximum atomic E-state index is 6.02. The van der Waals surface area contributed by atoms with Crippen LogP contribution in [0.4, 0.5) is 5.13 Å². The summed E-state index contributed by atoms with van der Waals surface area (Å²) in [5.74, 6) is 3.78. The molecule has 4 aliphatic carbocycles. The third kappa shape index (κ3) is 1.83. The van der Waals surface area contributed by atoms with Gasteiger partial charge in [0.2, 0.25) is 0 Å². The van der Waals surface area contributed by atoms with E-state index in [1.165, 1.54) is 68.4 Å². The van der Waals surface area contributed by atoms with Gasteiger partial charge in [-0.15, -0.1) is 11.3 Å². The van der Waals surface area contributed by atoms with Crippen LogP contribution >= 0.6 is 11.3 Å². The standard InChI is InChI=1S/C20H30N2S/c1-19-9-4-3-5-12(19)6-7-13-14(19)8-10-20(2)15(13)11-16-17(20)22-18(21)23-16/h12-15H,3-11H2,1-2H3,(H2,21,22)/t12-,13+,14+,15+,19+,20-/m1/s1. The van der Waals surface area contributed by atoms with Crippen molar-refractivity contribution >= 4 is 16.5 Å². The van der Waals surface area contributed by atoms with E-state index in [1.54, 1.807) is 11.3 Å². The Morgan fingerprint density at radius 3 is 2.78 bits per heavy atom. The average Bonchev–Trinajstić information content (AvgIpc) is 3.02. The average molecular weight is 331 g/mol. The minimum Gasteiger partial charge on any atom is -0.375 e. The highest BCUT2D eigenvalue weighted by molar-refractivity contribution is 7.15. The van der Waals surface area contributed by atoms with Crippen LogP contribution in [-0.2, 0) is 11.8 Å². The van der Waals surface area contributed by atoms with Crippen LogP contribution < -0.4 is 5.73 Å². The first-order valence-electron chi connectivity index (χ1n) is 9.78. The van der Waals surface area contributed by atoms with Gasteiger partial charge >= 0.3 is 0 Å². The number of hydrogen-bond donors (Lipinski definition) is 1. The summed E-state index contributed by atoms with van der Waals surface area (Å²) in [6.07, 6.45) is 13.0. The summed E-state index contributed by atoms with van der Waals surface area (Å²) in [4.78, 5) is 6.30. The van der Waals surface area contributed by atoms with E-state index in [2.05, 4.69) is 13.8 Å². The number of nitrogens with two attached hydrogens (primary N) is 1. The van der Waals surface area contributed by atoms with Gasteiger partial charge in [0.05, 0.1) is 5.69 Å². The van der Waals surface area contributed by atoms with Gasteiger partial charge in [0.15, 0.2) is 5.13 Å². The van der Waals surface area contributed by atoms with Crippen molar-refractivity contribution in [2.24, 2.45) is 29.1 Å². The fraction of sp³-hybridized carbons (Fsp3) is 0.850. The van der Waals surface area contributed by atoms with Gasteiger partial charge in [0.25, 0.3) is 0 Å². The van der Waals surface area contributed by atoms with Crippen molar-refractivity contribution in [3.8, 4) is 0 Å². The van der Waals surface area contributed by atoms with Crippen LogP contribution in [0.15, 0.2) is 0 Å². The van der Waals surface area contributed by atoms with Gasteiger partial charge in [-0.1, -0.05) is 26.7 Å². The zero-order valence-electron chi connectivity index (χ0n) is 14.6. The molecule has 0 radical (unpaired) electrons. The van der Waals surface area contributed by atoms with Crippen LogP contribution in [0.25, 0.3) is 0 Å². The molecule has 0 spiro atoms. The number of rotatable bonds is 0. The van der Waals surface area contributed by atoms with Gasteiger partial charge in [-0.2, -0.15) is 0 Å². The summed E-state index contributed by atoms with van der Waals surface area (Å²) < 4.78 is 0. The van der Waals surface area contributed by atoms with E-state index in [1.807, 2.05) is 0 Å². The Kier molecular flexibility index (Phi) is 3.04. The smallest absolute Gasteiger partial charge is 0.180 e. The number of thiazole rings is 1. The monoisotopic (exact) mass is 330 g/mol. The summed E-state index contributed by atoms with van der Waals surface area (Å²) in [7, 11) is 0. The lowest BCUT2D eigenvalue weighted by Gasteiger charge is -2.59. The molecule has 3 fully saturated rings. The molecule has 23 heavy (non-hydrogen) atoms. The van der Waals surface area contributed by atoms with Crippen LogP contribution in [0.3, 0.4) is 0 Å². The van der Waals surface area contributed by atoms with Crippen molar-refractivity contribution in [3.05, 3.63) is 10.6 Å². The second kappa shape index (κ2) is 4.74. The highest BCUT2D eigenvalue weighted by Crippen LogP contribution is 2.65. The summed E-state index contributed by atoms with van der Waals surface area (Å²) >= 11 is 1.77. The Morgan fingerprint density at radius 1 is 1.04 bits per heavy atom. The number of fused-ring (bicyclic) bond motifs is 7. The fourth-order valence-corrected chi connectivity index (χ4v) is 8.47. The lowest BCUT2D eigenvalue weighted by molar-refractivity contribution is -0.0907. The van der Waals surface area contributed by atoms with Crippen molar-refractivity contribution < 1.29 is 0 Å². The molecule has 0 aromatic carbocycles. The fourth-order valence-electron chi connectivity index (χ4n) is 7.44. The lowest BCUT2D eigenvalue weighted by atomic mass is 9.45. The second-order valence-corrected chi connectivity index (χ2v) is 10.5. The Morgan fingerprint density at radius 2 is 1.91 bits per heavy atom. The highest BCUT2D eigenvalue weighted by atomic mass is 32.1. The van der Waals surface area contributed by atoms with Gasteiger partial charge in [-0.25, -0.2) is 4.98 Å². The number of anilines is 1. The van der Waals surface area contributed by atoms with Crippen LogP contribution in [0.1, 0.15) is 75.8 Å². The minimum absolute atomic E-state index is 0.322. The zero-order valence-corrected chi connectivity index (χ0v) is 15.4. The molecule has 2 N–H and O–H groups in total. The second-order valence-electron chi connectivity index (χ2n) is 9.39. The first-order valence-corrected chi connectivity index (χ1v) is 10.6. The lowest BCUT2D eigenvalue weighted by Crippen LogP contribution is -2.53. The molecule has 126 valence electrons. The predicted octanol–water partition coefficient (Wildman–Crippen LogP) is 5.17. The third-order valence-electron chi connectivity index (χ3n) is 8.63. The molecular weight excluding hydrogens is 300 g/mol. The summed E-state index contributed by atoms with van der Waals surface area (Å²) in [5.41, 5.74) is 8.37. The van der Waals surface area contributed by atoms with Crippen LogP contribution in [0.2, 0.25) is 0 Å². The predicted molar refractivity (Wildman–Crippen MR) is 96.6 cm³/mol. The van der Waals surface area contributed by atoms with Crippen LogP contribution in [0.5, 0.6) is 0 Å². The molecule has 4 aliphatic rings. The minimum atomic E-state index is 0.322. The zero-order chi connectivity index (χ0) is 15.8. The molecule has 5 rings (SSSR count). The van der Waals surface area contributed by atoms with E-state index in [0.717, 1.165) is 28.8 Å². The number of nitrogens with zero attached hydrogens (tertiary/aromatic N) is 1. The number of aromatic nitrogens is 1. The summed E-state index contributed by atoms with van der Waals surface area (Å²) in [5, 5.41) is 0.791. The van der Waals surface area contributed by atoms with E-state index in [0.29, 0.717) is 10.8 Å². The van der Waals surface area contributed by atoms with E-state index in [4.69, 9.17) is 10.7 Å². The molecule has 0 unspecified atom stereocenters. The molecule has 0 bridgehead atoms. The Balaban J connectivity index is 1.51. The summed E-state index contributed by atoms with van der Waals surface area (Å²) in [6, 6.07) is 0. The molecule has 3 saturated carbocycles. The number of hydrogen-bond acceptors (Lipinski definition) is 3. The SMILES string of the molecule is C[C@]12CCCC[C@@H]1CC[C@H]1[C@@H]2CC[C@@]2(C)c3nc(N)sc3C[C@@H]12. The summed E-state index contributed by atoms with van der Waals surface area (Å²) in [6.45, 7) is 5.17. The van der Waals surface area contributed by atoms with Crippen LogP contribution in [-0.4, -0.2) is 4.98 Å². The Hall–Kier alpha value is -0.570. The van der Waals surface area contributed by atoms with E-state index < -0.39 is 0 Å². The van der Waals surface area contributed by atoms with E-state index in [9.17, 15) is 0 Å². The molecule has 6 atom stereocenters. The van der Waals surface area contributed by atoms with Gasteiger partial charge < -0.3 is 5.73 Å². The molecular formula is C20H30N2S. The first-order chi connectivity index (χ1) is 11.0. The Labute approximate surface area is 144 Å². The molecule has 1 heterocycles. The van der Waals surface area contributed by atoms with Crippen molar-refractivity contribution in [2.75, 3.05) is 5.73 Å². The first kappa shape index (κ1) is 14.7. The Bertz CT molecular complexity index is 638. The van der Waals surface area contributed by atoms with Gasteiger partial charge in [-0.3, -0.25) is 0 Å². The van der Waals surface area contributed by atoms with Crippen molar-refractivity contribution in [2.45, 2.75) is 77.0 Å². The van der Waals surface area contributed by atoms with Crippen molar-refractivity contribution in [1.82, 2.24) is 4.98 Å². The molecule has 0 saturated heterocycles.